The molecule has 5 heteroatoms. The molecular formula is C6H16ClN2OP. The van der Waals surface area contributed by atoms with E-state index in [-0.39, 0.29) is 0 Å². The Bertz CT molecular complexity index is 133. The fourth-order valence-electron chi connectivity index (χ4n) is 0.956. The van der Waals surface area contributed by atoms with Gasteiger partial charge in [0.2, 0.25) is 7.30 Å². The zero-order valence-corrected chi connectivity index (χ0v) is 9.14. The minimum absolute atomic E-state index is 0.308. The Labute approximate surface area is 73.7 Å². The normalized spacial score (nSPS) is 14.9. The first-order valence-corrected chi connectivity index (χ1v) is 6.11. The highest BCUT2D eigenvalue weighted by atomic mass is 35.7. The van der Waals surface area contributed by atoms with Crippen LogP contribution in [-0.2, 0) is 4.57 Å². The van der Waals surface area contributed by atoms with E-state index >= 15 is 0 Å². The molecule has 1 unspecified atom stereocenters. The Morgan fingerprint density at radius 2 is 1.64 bits per heavy atom. The molecule has 0 bridgehead atoms. The second-order valence-corrected chi connectivity index (χ2v) is 4.78. The molecule has 0 fully saturated rings. The molecule has 0 amide bonds. The third-order valence-electron chi connectivity index (χ3n) is 1.33. The van der Waals surface area contributed by atoms with Crippen LogP contribution in [0.25, 0.3) is 0 Å². The van der Waals surface area contributed by atoms with Crippen molar-refractivity contribution in [3.63, 3.8) is 0 Å². The minimum Gasteiger partial charge on any atom is -0.291 e. The molecule has 1 atom stereocenters. The average molecular weight is 199 g/mol. The van der Waals surface area contributed by atoms with Gasteiger partial charge in [0.25, 0.3) is 0 Å². The summed E-state index contributed by atoms with van der Waals surface area (Å²) in [4.78, 5) is 0. The molecule has 0 aliphatic rings. The Kier molecular flexibility index (Phi) is 5.36. The predicted octanol–water partition coefficient (Wildman–Crippen LogP) is 2.24. The summed E-state index contributed by atoms with van der Waals surface area (Å²) in [5.74, 6) is 0. The maximum Gasteiger partial charge on any atom is 0.233 e. The van der Waals surface area contributed by atoms with Crippen LogP contribution in [0.15, 0.2) is 0 Å². The molecule has 11 heavy (non-hydrogen) atoms. The molecule has 1 N–H and O–H groups in total. The van der Waals surface area contributed by atoms with Crippen LogP contribution in [-0.4, -0.2) is 17.1 Å². The van der Waals surface area contributed by atoms with E-state index in [1.807, 2.05) is 32.7 Å². The summed E-state index contributed by atoms with van der Waals surface area (Å²) >= 11 is 5.35. The summed E-state index contributed by atoms with van der Waals surface area (Å²) in [6, 6.07) is 0.616. The van der Waals surface area contributed by atoms with E-state index in [1.165, 1.54) is 0 Å². The van der Waals surface area contributed by atoms with E-state index < -0.39 is 7.30 Å². The Morgan fingerprint density at radius 1 is 1.27 bits per heavy atom. The lowest BCUT2D eigenvalue weighted by molar-refractivity contribution is 0.148. The number of nitrogens with zero attached hydrogens (tertiary/aromatic N) is 1. The van der Waals surface area contributed by atoms with Gasteiger partial charge in [0.1, 0.15) is 0 Å². The van der Waals surface area contributed by atoms with Gasteiger partial charge in [-0.15, -0.1) is 0 Å². The van der Waals surface area contributed by atoms with Crippen molar-refractivity contribution in [1.29, 1.82) is 0 Å². The highest BCUT2D eigenvalue weighted by molar-refractivity contribution is 7.72. The Morgan fingerprint density at radius 3 is 1.73 bits per heavy atom. The van der Waals surface area contributed by atoms with E-state index in [2.05, 4.69) is 5.20 Å². The van der Waals surface area contributed by atoms with E-state index in [0.29, 0.717) is 12.1 Å². The van der Waals surface area contributed by atoms with E-state index in [9.17, 15) is 4.57 Å². The largest absolute Gasteiger partial charge is 0.291 e. The monoisotopic (exact) mass is 198 g/mol. The van der Waals surface area contributed by atoms with Crippen molar-refractivity contribution in [2.24, 2.45) is 0 Å². The van der Waals surface area contributed by atoms with Gasteiger partial charge in [0.15, 0.2) is 0 Å². The van der Waals surface area contributed by atoms with Gasteiger partial charge in [-0.25, -0.2) is 5.01 Å². The van der Waals surface area contributed by atoms with Crippen LogP contribution in [0.1, 0.15) is 27.7 Å². The van der Waals surface area contributed by atoms with Crippen molar-refractivity contribution >= 4 is 18.5 Å². The SMILES string of the molecule is CC(C)N(N[PH](=O)Cl)C(C)C. The second kappa shape index (κ2) is 5.15. The molecule has 0 radical (unpaired) electrons. The van der Waals surface area contributed by atoms with Gasteiger partial charge in [0.05, 0.1) is 0 Å². The minimum atomic E-state index is -2.12. The molecule has 3 nitrogen and oxygen atoms in total. The first kappa shape index (κ1) is 11.4. The average Bonchev–Trinajstić information content (AvgIpc) is 1.81. The molecule has 0 rings (SSSR count). The molecule has 0 aromatic heterocycles. The molecule has 0 saturated heterocycles. The third-order valence-corrected chi connectivity index (χ3v) is 2.02. The lowest BCUT2D eigenvalue weighted by Crippen LogP contribution is -2.43. The van der Waals surface area contributed by atoms with Gasteiger partial charge in [0, 0.05) is 12.1 Å². The molecule has 0 aromatic carbocycles. The molecule has 0 heterocycles. The van der Waals surface area contributed by atoms with Crippen molar-refractivity contribution in [3.05, 3.63) is 0 Å². The first-order chi connectivity index (χ1) is 4.95. The van der Waals surface area contributed by atoms with Crippen molar-refractivity contribution in [2.75, 3.05) is 0 Å². The van der Waals surface area contributed by atoms with Gasteiger partial charge >= 0.3 is 0 Å². The number of hydrazine groups is 1. The summed E-state index contributed by atoms with van der Waals surface area (Å²) in [7, 11) is -2.12. The maximum atomic E-state index is 10.7. The lowest BCUT2D eigenvalue weighted by Gasteiger charge is -2.29. The van der Waals surface area contributed by atoms with Crippen LogP contribution >= 0.6 is 18.5 Å². The standard InChI is InChI=1S/C6H16ClN2OP/c1-5(2)9(6(3)4)8-11(7)10/h5-6,11H,1-4H3,(H,8,10). The fourth-order valence-corrected chi connectivity index (χ4v) is 1.97. The molecule has 0 aliphatic heterocycles. The van der Waals surface area contributed by atoms with Gasteiger partial charge in [-0.1, -0.05) is 0 Å². The quantitative estimate of drug-likeness (QED) is 0.556. The zero-order valence-electron chi connectivity index (χ0n) is 7.39. The Hall–Kier alpha value is 0.440. The van der Waals surface area contributed by atoms with Gasteiger partial charge in [-0.05, 0) is 38.9 Å². The second-order valence-electron chi connectivity index (χ2n) is 2.98. The summed E-state index contributed by atoms with van der Waals surface area (Å²) in [6.07, 6.45) is 0. The molecule has 0 saturated carbocycles. The van der Waals surface area contributed by atoms with E-state index in [4.69, 9.17) is 11.2 Å². The van der Waals surface area contributed by atoms with Crippen molar-refractivity contribution < 1.29 is 4.57 Å². The van der Waals surface area contributed by atoms with Crippen LogP contribution in [0.5, 0.6) is 0 Å². The summed E-state index contributed by atoms with van der Waals surface area (Å²) < 4.78 is 10.7. The zero-order chi connectivity index (χ0) is 9.02. The summed E-state index contributed by atoms with van der Waals surface area (Å²) in [5, 5.41) is 4.61. The fraction of sp³-hybridized carbons (Fsp3) is 1.00. The molecule has 0 spiro atoms. The molecule has 68 valence electrons. The lowest BCUT2D eigenvalue weighted by atomic mass is 10.3. The van der Waals surface area contributed by atoms with Crippen LogP contribution in [0.2, 0.25) is 0 Å². The number of hydrogen-bond donors (Lipinski definition) is 1. The van der Waals surface area contributed by atoms with Crippen molar-refractivity contribution in [2.45, 2.75) is 39.8 Å². The number of halogens is 1. The number of hydrogen-bond acceptors (Lipinski definition) is 2. The first-order valence-electron chi connectivity index (χ1n) is 3.69. The Balaban J connectivity index is 4.00. The highest BCUT2D eigenvalue weighted by Crippen LogP contribution is 2.22. The maximum absolute atomic E-state index is 10.7. The summed E-state index contributed by atoms with van der Waals surface area (Å²) in [6.45, 7) is 8.09. The van der Waals surface area contributed by atoms with Crippen LogP contribution in [0.4, 0.5) is 0 Å². The number of nitrogens with one attached hydrogen (secondary N) is 1. The van der Waals surface area contributed by atoms with Crippen molar-refractivity contribution in [1.82, 2.24) is 10.2 Å². The molecule has 0 aromatic rings. The van der Waals surface area contributed by atoms with E-state index in [0.717, 1.165) is 0 Å². The molecular weight excluding hydrogens is 183 g/mol. The smallest absolute Gasteiger partial charge is 0.233 e. The third kappa shape index (κ3) is 4.81. The van der Waals surface area contributed by atoms with E-state index in [1.54, 1.807) is 0 Å². The summed E-state index contributed by atoms with van der Waals surface area (Å²) in [5.41, 5.74) is 0. The highest BCUT2D eigenvalue weighted by Gasteiger charge is 2.13. The van der Waals surface area contributed by atoms with Gasteiger partial charge in [-0.3, -0.25) is 4.57 Å². The number of rotatable bonds is 4. The van der Waals surface area contributed by atoms with Crippen molar-refractivity contribution in [3.8, 4) is 0 Å². The van der Waals surface area contributed by atoms with Gasteiger partial charge < -0.3 is 0 Å². The van der Waals surface area contributed by atoms with Crippen LogP contribution < -0.4 is 5.20 Å². The van der Waals surface area contributed by atoms with Crippen LogP contribution in [0.3, 0.4) is 0 Å². The molecule has 0 aliphatic carbocycles. The topological polar surface area (TPSA) is 32.3 Å². The van der Waals surface area contributed by atoms with Crippen LogP contribution in [0, 0.1) is 0 Å². The predicted molar refractivity (Wildman–Crippen MR) is 50.1 cm³/mol. The van der Waals surface area contributed by atoms with Gasteiger partial charge in [-0.2, -0.15) is 5.20 Å².